The van der Waals surface area contributed by atoms with Gasteiger partial charge in [0.15, 0.2) is 0 Å². The first-order chi connectivity index (χ1) is 10.4. The molecule has 2 N–H and O–H groups in total. The van der Waals surface area contributed by atoms with E-state index in [1.807, 2.05) is 0 Å². The van der Waals surface area contributed by atoms with E-state index in [-0.39, 0.29) is 48.1 Å². The van der Waals surface area contributed by atoms with Crippen LogP contribution >= 0.6 is 0 Å². The van der Waals surface area contributed by atoms with E-state index in [1.165, 1.54) is 14.1 Å². The van der Waals surface area contributed by atoms with Gasteiger partial charge in [-0.1, -0.05) is 19.3 Å². The first-order valence-electron chi connectivity index (χ1n) is 7.89. The van der Waals surface area contributed by atoms with Crippen LogP contribution in [-0.4, -0.2) is 37.5 Å². The van der Waals surface area contributed by atoms with Crippen molar-refractivity contribution in [2.24, 2.45) is 11.8 Å². The van der Waals surface area contributed by atoms with Crippen LogP contribution < -0.4 is 10.6 Å². The molecule has 1 saturated carbocycles. The molecule has 124 valence electrons. The van der Waals surface area contributed by atoms with Crippen LogP contribution in [0.4, 0.5) is 0 Å². The highest BCUT2D eigenvalue weighted by atomic mass is 16.2. The summed E-state index contributed by atoms with van der Waals surface area (Å²) in [5.41, 5.74) is 0. The second-order valence-corrected chi connectivity index (χ2v) is 6.08. The molecule has 2 amide bonds. The van der Waals surface area contributed by atoms with Gasteiger partial charge in [-0.25, -0.2) is 0 Å². The number of rotatable bonds is 8. The molecule has 0 aromatic carbocycles. The molecule has 2 atom stereocenters. The molecule has 6 heteroatoms. The molecule has 6 nitrogen and oxygen atoms in total. The maximum atomic E-state index is 11.8. The number of amides is 2. The van der Waals surface area contributed by atoms with E-state index >= 15 is 0 Å². The quantitative estimate of drug-likeness (QED) is 0.654. The summed E-state index contributed by atoms with van der Waals surface area (Å²) in [5, 5.41) is 4.90. The Morgan fingerprint density at radius 2 is 1.23 bits per heavy atom. The van der Waals surface area contributed by atoms with Crippen molar-refractivity contribution in [2.45, 2.75) is 51.4 Å². The Morgan fingerprint density at radius 1 is 0.818 bits per heavy atom. The van der Waals surface area contributed by atoms with Crippen LogP contribution in [0.2, 0.25) is 0 Å². The van der Waals surface area contributed by atoms with Crippen LogP contribution in [0.5, 0.6) is 0 Å². The van der Waals surface area contributed by atoms with Gasteiger partial charge in [0.1, 0.15) is 11.6 Å². The summed E-state index contributed by atoms with van der Waals surface area (Å²) in [5.74, 6) is -0.0768. The third-order valence-corrected chi connectivity index (χ3v) is 4.20. The summed E-state index contributed by atoms with van der Waals surface area (Å²) in [7, 11) is 3.04. The lowest BCUT2D eigenvalue weighted by molar-refractivity contribution is -0.129. The highest BCUT2D eigenvalue weighted by molar-refractivity contribution is 5.98. The topological polar surface area (TPSA) is 92.3 Å². The van der Waals surface area contributed by atoms with Crippen molar-refractivity contribution in [3.05, 3.63) is 0 Å². The zero-order chi connectivity index (χ0) is 16.5. The summed E-state index contributed by atoms with van der Waals surface area (Å²) in [6.07, 6.45) is 4.47. The summed E-state index contributed by atoms with van der Waals surface area (Å²) in [4.78, 5) is 46.0. The maximum Gasteiger partial charge on any atom is 0.227 e. The Hall–Kier alpha value is -1.72. The molecule has 2 unspecified atom stereocenters. The minimum Gasteiger partial charge on any atom is -0.359 e. The molecular weight excluding hydrogens is 284 g/mol. The van der Waals surface area contributed by atoms with Gasteiger partial charge >= 0.3 is 0 Å². The van der Waals surface area contributed by atoms with E-state index in [1.54, 1.807) is 0 Å². The Kier molecular flexibility index (Phi) is 7.77. The van der Waals surface area contributed by atoms with Gasteiger partial charge in [-0.2, -0.15) is 0 Å². The highest BCUT2D eigenvalue weighted by Gasteiger charge is 2.26. The van der Waals surface area contributed by atoms with Gasteiger partial charge in [-0.05, 0) is 18.3 Å². The molecule has 22 heavy (non-hydrogen) atoms. The van der Waals surface area contributed by atoms with Crippen LogP contribution in [0.25, 0.3) is 0 Å². The molecule has 0 radical (unpaired) electrons. The first kappa shape index (κ1) is 18.3. The zero-order valence-corrected chi connectivity index (χ0v) is 13.4. The van der Waals surface area contributed by atoms with Crippen molar-refractivity contribution >= 4 is 23.4 Å². The second kappa shape index (κ2) is 9.33. The van der Waals surface area contributed by atoms with Crippen molar-refractivity contribution in [3.8, 4) is 0 Å². The smallest absolute Gasteiger partial charge is 0.227 e. The Balaban J connectivity index is 2.37. The average molecular weight is 310 g/mol. The summed E-state index contributed by atoms with van der Waals surface area (Å²) in [6.45, 7) is 0. The predicted molar refractivity (Wildman–Crippen MR) is 82.1 cm³/mol. The van der Waals surface area contributed by atoms with E-state index in [4.69, 9.17) is 0 Å². The molecule has 1 aliphatic rings. The summed E-state index contributed by atoms with van der Waals surface area (Å²) in [6, 6.07) is 0. The summed E-state index contributed by atoms with van der Waals surface area (Å²) >= 11 is 0. The number of Topliss-reactive ketones (excluding diaryl/α,β-unsaturated/α-hetero) is 2. The number of carbonyl (C=O) groups is 4. The van der Waals surface area contributed by atoms with E-state index in [0.29, 0.717) is 12.8 Å². The van der Waals surface area contributed by atoms with Crippen molar-refractivity contribution < 1.29 is 19.2 Å². The van der Waals surface area contributed by atoms with Crippen LogP contribution in [0, 0.1) is 11.8 Å². The van der Waals surface area contributed by atoms with Gasteiger partial charge in [0, 0.05) is 26.9 Å². The molecule has 0 spiro atoms. The molecule has 0 aliphatic heterocycles. The SMILES string of the molecule is CNC(=O)CC(=O)CC1CCCC(CC(=O)CC(=O)NC)C1. The predicted octanol–water partition coefficient (Wildman–Crippen LogP) is 0.983. The fourth-order valence-corrected chi connectivity index (χ4v) is 3.10. The molecule has 0 heterocycles. The van der Waals surface area contributed by atoms with Crippen molar-refractivity contribution in [1.82, 2.24) is 10.6 Å². The fraction of sp³-hybridized carbons (Fsp3) is 0.750. The molecule has 0 aromatic rings. The lowest BCUT2D eigenvalue weighted by Crippen LogP contribution is -2.26. The first-order valence-corrected chi connectivity index (χ1v) is 7.89. The monoisotopic (exact) mass is 310 g/mol. The largest absolute Gasteiger partial charge is 0.359 e. The maximum absolute atomic E-state index is 11.8. The average Bonchev–Trinajstić information content (AvgIpc) is 2.46. The van der Waals surface area contributed by atoms with Crippen LogP contribution in [0.3, 0.4) is 0 Å². The molecule has 1 rings (SSSR count). The van der Waals surface area contributed by atoms with E-state index in [9.17, 15) is 19.2 Å². The van der Waals surface area contributed by atoms with Crippen molar-refractivity contribution in [2.75, 3.05) is 14.1 Å². The lowest BCUT2D eigenvalue weighted by atomic mass is 9.77. The second-order valence-electron chi connectivity index (χ2n) is 6.08. The van der Waals surface area contributed by atoms with E-state index in [0.717, 1.165) is 25.7 Å². The number of carbonyl (C=O) groups excluding carboxylic acids is 4. The minimum atomic E-state index is -0.252. The van der Waals surface area contributed by atoms with E-state index in [2.05, 4.69) is 10.6 Å². The summed E-state index contributed by atoms with van der Waals surface area (Å²) < 4.78 is 0. The van der Waals surface area contributed by atoms with Gasteiger partial charge in [-0.15, -0.1) is 0 Å². The number of nitrogens with one attached hydrogen (secondary N) is 2. The van der Waals surface area contributed by atoms with E-state index < -0.39 is 0 Å². The molecule has 0 aromatic heterocycles. The van der Waals surface area contributed by atoms with Crippen LogP contribution in [0.1, 0.15) is 51.4 Å². The van der Waals surface area contributed by atoms with Gasteiger partial charge in [-0.3, -0.25) is 19.2 Å². The number of hydrogen-bond donors (Lipinski definition) is 2. The van der Waals surface area contributed by atoms with Gasteiger partial charge in [0.2, 0.25) is 11.8 Å². The van der Waals surface area contributed by atoms with Gasteiger partial charge in [0.05, 0.1) is 12.8 Å². The standard InChI is InChI=1S/C16H26N2O4/c1-17-15(21)9-13(19)7-11-4-3-5-12(6-11)8-14(20)10-16(22)18-2/h11-12H,3-10H2,1-2H3,(H,17,21)(H,18,22). The Morgan fingerprint density at radius 3 is 1.59 bits per heavy atom. The zero-order valence-electron chi connectivity index (χ0n) is 13.4. The van der Waals surface area contributed by atoms with Crippen molar-refractivity contribution in [3.63, 3.8) is 0 Å². The van der Waals surface area contributed by atoms with Gasteiger partial charge in [0.25, 0.3) is 0 Å². The fourth-order valence-electron chi connectivity index (χ4n) is 3.10. The van der Waals surface area contributed by atoms with Gasteiger partial charge < -0.3 is 10.6 Å². The molecule has 0 saturated heterocycles. The third-order valence-electron chi connectivity index (χ3n) is 4.20. The molecule has 1 fully saturated rings. The normalized spacial score (nSPS) is 21.0. The molecule has 0 bridgehead atoms. The highest BCUT2D eigenvalue weighted by Crippen LogP contribution is 2.33. The minimum absolute atomic E-state index is 0.0401. The Bertz CT molecular complexity index is 396. The Labute approximate surface area is 131 Å². The molecular formula is C16H26N2O4. The van der Waals surface area contributed by atoms with Crippen LogP contribution in [-0.2, 0) is 19.2 Å². The van der Waals surface area contributed by atoms with Crippen molar-refractivity contribution in [1.29, 1.82) is 0 Å². The van der Waals surface area contributed by atoms with Crippen LogP contribution in [0.15, 0.2) is 0 Å². The third kappa shape index (κ3) is 6.83. The number of ketones is 2. The lowest BCUT2D eigenvalue weighted by Gasteiger charge is -2.28. The number of hydrogen-bond acceptors (Lipinski definition) is 4. The molecule has 1 aliphatic carbocycles.